The molecule has 118 valence electrons. The zero-order valence-corrected chi connectivity index (χ0v) is 13.6. The number of fused-ring (bicyclic) bond motifs is 1. The molecule has 0 saturated carbocycles. The molecule has 5 nitrogen and oxygen atoms in total. The van der Waals surface area contributed by atoms with Crippen LogP contribution in [0.25, 0.3) is 11.0 Å². The SMILES string of the molecule is COc1ccc2c(c1)n(C)c(=N)n2CC(=O)c1ccc(Cl)cc1. The van der Waals surface area contributed by atoms with Crippen LogP contribution in [-0.2, 0) is 13.6 Å². The molecule has 0 aliphatic heterocycles. The van der Waals surface area contributed by atoms with Gasteiger partial charge in [0.2, 0.25) is 5.62 Å². The van der Waals surface area contributed by atoms with E-state index in [1.165, 1.54) is 0 Å². The predicted octanol–water partition coefficient (Wildman–Crippen LogP) is 3.00. The molecule has 1 heterocycles. The van der Waals surface area contributed by atoms with Gasteiger partial charge in [-0.1, -0.05) is 11.6 Å². The Labute approximate surface area is 138 Å². The number of halogens is 1. The lowest BCUT2D eigenvalue weighted by molar-refractivity contribution is 0.0971. The van der Waals surface area contributed by atoms with Crippen LogP contribution in [0, 0.1) is 5.41 Å². The minimum absolute atomic E-state index is 0.0662. The van der Waals surface area contributed by atoms with Crippen molar-refractivity contribution < 1.29 is 9.53 Å². The van der Waals surface area contributed by atoms with E-state index in [4.69, 9.17) is 21.7 Å². The number of imidazole rings is 1. The minimum Gasteiger partial charge on any atom is -0.497 e. The number of nitrogens with one attached hydrogen (secondary N) is 1. The number of hydrogen-bond donors (Lipinski definition) is 1. The summed E-state index contributed by atoms with van der Waals surface area (Å²) >= 11 is 5.85. The smallest absolute Gasteiger partial charge is 0.203 e. The van der Waals surface area contributed by atoms with E-state index in [0.29, 0.717) is 16.3 Å². The Balaban J connectivity index is 2.03. The molecule has 6 heteroatoms. The van der Waals surface area contributed by atoms with E-state index in [2.05, 4.69) is 0 Å². The number of ether oxygens (including phenoxy) is 1. The second kappa shape index (κ2) is 5.93. The van der Waals surface area contributed by atoms with Crippen molar-refractivity contribution in [3.8, 4) is 5.75 Å². The Bertz CT molecular complexity index is 939. The number of benzene rings is 2. The first-order valence-corrected chi connectivity index (χ1v) is 7.45. The maximum atomic E-state index is 12.5. The Morgan fingerprint density at radius 3 is 2.52 bits per heavy atom. The van der Waals surface area contributed by atoms with E-state index in [9.17, 15) is 4.79 Å². The van der Waals surface area contributed by atoms with Gasteiger partial charge in [0.1, 0.15) is 5.75 Å². The monoisotopic (exact) mass is 329 g/mol. The Morgan fingerprint density at radius 2 is 1.87 bits per heavy atom. The molecule has 1 N–H and O–H groups in total. The van der Waals surface area contributed by atoms with Gasteiger partial charge in [0, 0.05) is 23.7 Å². The molecule has 0 atom stereocenters. The first-order valence-electron chi connectivity index (χ1n) is 7.08. The second-order valence-electron chi connectivity index (χ2n) is 5.25. The lowest BCUT2D eigenvalue weighted by Crippen LogP contribution is -2.25. The maximum absolute atomic E-state index is 12.5. The largest absolute Gasteiger partial charge is 0.497 e. The molecule has 0 bridgehead atoms. The third-order valence-electron chi connectivity index (χ3n) is 3.88. The lowest BCUT2D eigenvalue weighted by Gasteiger charge is -2.05. The third kappa shape index (κ3) is 2.75. The van der Waals surface area contributed by atoms with Crippen LogP contribution in [0.5, 0.6) is 5.75 Å². The van der Waals surface area contributed by atoms with Crippen LogP contribution >= 0.6 is 11.6 Å². The first kappa shape index (κ1) is 15.4. The fraction of sp³-hybridized carbons (Fsp3) is 0.176. The molecule has 0 aliphatic carbocycles. The van der Waals surface area contributed by atoms with Crippen LogP contribution in [0.15, 0.2) is 42.5 Å². The summed E-state index contributed by atoms with van der Waals surface area (Å²) in [7, 11) is 3.40. The summed E-state index contributed by atoms with van der Waals surface area (Å²) in [5.41, 5.74) is 2.50. The van der Waals surface area contributed by atoms with Crippen molar-refractivity contribution in [2.24, 2.45) is 7.05 Å². The summed E-state index contributed by atoms with van der Waals surface area (Å²) in [6.07, 6.45) is 0. The number of hydrogen-bond acceptors (Lipinski definition) is 3. The Kier molecular flexibility index (Phi) is 3.96. The number of rotatable bonds is 4. The highest BCUT2D eigenvalue weighted by Crippen LogP contribution is 2.20. The molecule has 0 amide bonds. The van der Waals surface area contributed by atoms with Gasteiger partial charge in [-0.3, -0.25) is 10.2 Å². The minimum atomic E-state index is -0.0662. The average Bonchev–Trinajstić information content (AvgIpc) is 2.80. The topological polar surface area (TPSA) is 60.0 Å². The molecular weight excluding hydrogens is 314 g/mol. The summed E-state index contributed by atoms with van der Waals surface area (Å²) in [5.74, 6) is 0.651. The van der Waals surface area contributed by atoms with Gasteiger partial charge in [-0.2, -0.15) is 0 Å². The van der Waals surface area contributed by atoms with Gasteiger partial charge >= 0.3 is 0 Å². The number of carbonyl (C=O) groups excluding carboxylic acids is 1. The summed E-state index contributed by atoms with van der Waals surface area (Å²) in [4.78, 5) is 12.5. The average molecular weight is 330 g/mol. The van der Waals surface area contributed by atoms with Gasteiger partial charge < -0.3 is 13.9 Å². The summed E-state index contributed by atoms with van der Waals surface area (Å²) < 4.78 is 8.64. The molecule has 0 fully saturated rings. The molecule has 3 aromatic rings. The second-order valence-corrected chi connectivity index (χ2v) is 5.69. The molecule has 0 unspecified atom stereocenters. The molecular formula is C17H16ClN3O2. The number of aromatic nitrogens is 2. The molecule has 3 rings (SSSR count). The van der Waals surface area contributed by atoms with Crippen molar-refractivity contribution in [1.29, 1.82) is 5.41 Å². The first-order chi connectivity index (χ1) is 11.0. The van der Waals surface area contributed by atoms with Gasteiger partial charge in [-0.25, -0.2) is 0 Å². The third-order valence-corrected chi connectivity index (χ3v) is 4.13. The molecule has 1 aromatic heterocycles. The van der Waals surface area contributed by atoms with Crippen molar-refractivity contribution in [3.05, 3.63) is 58.7 Å². The molecule has 0 radical (unpaired) electrons. The Hall–Kier alpha value is -2.53. The standard InChI is InChI=1S/C17H16ClN3O2/c1-20-15-9-13(23-2)7-8-14(15)21(17(20)19)10-16(22)11-3-5-12(18)6-4-11/h3-9,19H,10H2,1-2H3. The summed E-state index contributed by atoms with van der Waals surface area (Å²) in [5, 5.41) is 8.84. The molecule has 2 aromatic carbocycles. The van der Waals surface area contributed by atoms with Crippen molar-refractivity contribution in [3.63, 3.8) is 0 Å². The number of carbonyl (C=O) groups is 1. The van der Waals surface area contributed by atoms with E-state index in [0.717, 1.165) is 11.0 Å². The van der Waals surface area contributed by atoms with E-state index in [1.807, 2.05) is 18.2 Å². The van der Waals surface area contributed by atoms with E-state index >= 15 is 0 Å². The zero-order chi connectivity index (χ0) is 16.6. The van der Waals surface area contributed by atoms with Crippen LogP contribution in [0.3, 0.4) is 0 Å². The highest BCUT2D eigenvalue weighted by atomic mass is 35.5. The van der Waals surface area contributed by atoms with Gasteiger partial charge in [0.05, 0.1) is 24.7 Å². The van der Waals surface area contributed by atoms with Crippen LogP contribution in [0.2, 0.25) is 5.02 Å². The van der Waals surface area contributed by atoms with Crippen molar-refractivity contribution in [1.82, 2.24) is 9.13 Å². The zero-order valence-electron chi connectivity index (χ0n) is 12.8. The van der Waals surface area contributed by atoms with Crippen molar-refractivity contribution in [2.45, 2.75) is 6.54 Å². The fourth-order valence-electron chi connectivity index (χ4n) is 2.57. The molecule has 0 spiro atoms. The van der Waals surface area contributed by atoms with E-state index < -0.39 is 0 Å². The number of methoxy groups -OCH3 is 1. The van der Waals surface area contributed by atoms with Gasteiger partial charge in [0.25, 0.3) is 0 Å². The highest BCUT2D eigenvalue weighted by Gasteiger charge is 2.13. The Morgan fingerprint density at radius 1 is 1.17 bits per heavy atom. The van der Waals surface area contributed by atoms with Crippen molar-refractivity contribution >= 4 is 28.4 Å². The van der Waals surface area contributed by atoms with Gasteiger partial charge in [-0.15, -0.1) is 0 Å². The summed E-state index contributed by atoms with van der Waals surface area (Å²) in [6, 6.07) is 12.3. The van der Waals surface area contributed by atoms with E-state index in [-0.39, 0.29) is 17.9 Å². The summed E-state index contributed by atoms with van der Waals surface area (Å²) in [6.45, 7) is 0.101. The number of Topliss-reactive ketones (excluding diaryl/α,β-unsaturated/α-hetero) is 1. The quantitative estimate of drug-likeness (QED) is 0.748. The van der Waals surface area contributed by atoms with Gasteiger partial charge in [0.15, 0.2) is 5.78 Å². The van der Waals surface area contributed by atoms with Crippen LogP contribution < -0.4 is 10.4 Å². The number of ketones is 1. The maximum Gasteiger partial charge on any atom is 0.203 e. The van der Waals surface area contributed by atoms with Crippen molar-refractivity contribution in [2.75, 3.05) is 7.11 Å². The van der Waals surface area contributed by atoms with Gasteiger partial charge in [-0.05, 0) is 36.4 Å². The molecule has 0 saturated heterocycles. The fourth-order valence-corrected chi connectivity index (χ4v) is 2.69. The van der Waals surface area contributed by atoms with Crippen LogP contribution in [0.1, 0.15) is 10.4 Å². The highest BCUT2D eigenvalue weighted by molar-refractivity contribution is 6.30. The van der Waals surface area contributed by atoms with E-state index in [1.54, 1.807) is 47.6 Å². The predicted molar refractivity (Wildman–Crippen MR) is 89.1 cm³/mol. The van der Waals surface area contributed by atoms with Crippen LogP contribution in [-0.4, -0.2) is 22.0 Å². The lowest BCUT2D eigenvalue weighted by atomic mass is 10.1. The number of nitrogens with zero attached hydrogens (tertiary/aromatic N) is 2. The van der Waals surface area contributed by atoms with Crippen LogP contribution in [0.4, 0.5) is 0 Å². The molecule has 0 aliphatic rings. The molecule has 23 heavy (non-hydrogen) atoms. The normalized spacial score (nSPS) is 10.9. The number of aryl methyl sites for hydroxylation is 1.